The van der Waals surface area contributed by atoms with Crippen molar-refractivity contribution in [3.05, 3.63) is 28.8 Å². The Labute approximate surface area is 164 Å². The molecule has 1 N–H and O–H groups in total. The molecule has 0 radical (unpaired) electrons. The number of nitrogens with one attached hydrogen (secondary N) is 1. The highest BCUT2D eigenvalue weighted by atomic mass is 35.5. The lowest BCUT2D eigenvalue weighted by molar-refractivity contribution is -0.140. The molecule has 1 saturated heterocycles. The Balaban J connectivity index is 2.07. The number of rotatable bonds is 6. The summed E-state index contributed by atoms with van der Waals surface area (Å²) < 4.78 is 67.5. The van der Waals surface area contributed by atoms with Crippen LogP contribution in [0.15, 0.2) is 23.1 Å². The van der Waals surface area contributed by atoms with Crippen LogP contribution in [-0.4, -0.2) is 57.0 Å². The van der Waals surface area contributed by atoms with Crippen molar-refractivity contribution in [1.29, 1.82) is 0 Å². The van der Waals surface area contributed by atoms with Gasteiger partial charge >= 0.3 is 12.1 Å². The summed E-state index contributed by atoms with van der Waals surface area (Å²) >= 11 is 5.99. The van der Waals surface area contributed by atoms with Crippen molar-refractivity contribution in [2.75, 3.05) is 26.2 Å². The van der Waals surface area contributed by atoms with Crippen molar-refractivity contribution >= 4 is 33.5 Å². The molecular weight excluding hydrogens is 425 g/mol. The molecule has 0 bridgehead atoms. The van der Waals surface area contributed by atoms with Crippen molar-refractivity contribution in [1.82, 2.24) is 9.62 Å². The normalized spacial score (nSPS) is 15.9. The molecule has 1 fully saturated rings. The van der Waals surface area contributed by atoms with Crippen molar-refractivity contribution in [2.45, 2.75) is 30.3 Å². The minimum atomic E-state index is -4.59. The maximum atomic E-state index is 12.7. The first kappa shape index (κ1) is 22.4. The van der Waals surface area contributed by atoms with Gasteiger partial charge in [-0.2, -0.15) is 17.5 Å². The van der Waals surface area contributed by atoms with Gasteiger partial charge in [0.15, 0.2) is 6.61 Å². The second-order valence-corrected chi connectivity index (χ2v) is 8.39. The van der Waals surface area contributed by atoms with Crippen LogP contribution in [0.5, 0.6) is 0 Å². The number of hydrogen-bond acceptors (Lipinski definition) is 5. The van der Waals surface area contributed by atoms with Gasteiger partial charge in [0.2, 0.25) is 10.0 Å². The number of benzene rings is 1. The van der Waals surface area contributed by atoms with Gasteiger partial charge in [-0.1, -0.05) is 18.0 Å². The molecule has 0 atom stereocenters. The van der Waals surface area contributed by atoms with E-state index >= 15 is 0 Å². The van der Waals surface area contributed by atoms with Crippen LogP contribution in [0.4, 0.5) is 13.2 Å². The number of alkyl halides is 3. The highest BCUT2D eigenvalue weighted by molar-refractivity contribution is 7.89. The molecule has 0 spiro atoms. The SMILES string of the molecule is O=C(COC(=O)c1ccc(Cl)c(S(=O)(=O)N2CCCCC2)c1)NCC(F)(F)F. The van der Waals surface area contributed by atoms with E-state index in [1.165, 1.54) is 16.4 Å². The van der Waals surface area contributed by atoms with Gasteiger partial charge in [0.1, 0.15) is 11.4 Å². The average molecular weight is 443 g/mol. The number of hydrogen-bond donors (Lipinski definition) is 1. The van der Waals surface area contributed by atoms with Gasteiger partial charge in [0, 0.05) is 13.1 Å². The fraction of sp³-hybridized carbons (Fsp3) is 0.500. The fourth-order valence-corrected chi connectivity index (χ4v) is 4.55. The summed E-state index contributed by atoms with van der Waals surface area (Å²) in [6.07, 6.45) is -2.24. The third-order valence-electron chi connectivity index (χ3n) is 3.92. The largest absolute Gasteiger partial charge is 0.452 e. The second-order valence-electron chi connectivity index (χ2n) is 6.08. The molecule has 0 aromatic heterocycles. The number of carbonyl (C=O) groups is 2. The first-order chi connectivity index (χ1) is 13.0. The summed E-state index contributed by atoms with van der Waals surface area (Å²) in [6.45, 7) is -1.81. The third-order valence-corrected chi connectivity index (χ3v) is 6.30. The molecule has 1 amide bonds. The topological polar surface area (TPSA) is 92.8 Å². The molecule has 1 aliphatic heterocycles. The van der Waals surface area contributed by atoms with E-state index in [9.17, 15) is 31.2 Å². The van der Waals surface area contributed by atoms with Crippen LogP contribution >= 0.6 is 11.6 Å². The van der Waals surface area contributed by atoms with E-state index in [1.807, 2.05) is 0 Å². The highest BCUT2D eigenvalue weighted by Crippen LogP contribution is 2.28. The average Bonchev–Trinajstić information content (AvgIpc) is 2.64. The monoisotopic (exact) mass is 442 g/mol. The van der Waals surface area contributed by atoms with E-state index < -0.39 is 41.2 Å². The maximum Gasteiger partial charge on any atom is 0.405 e. The van der Waals surface area contributed by atoms with E-state index in [4.69, 9.17) is 11.6 Å². The van der Waals surface area contributed by atoms with Gasteiger partial charge in [-0.15, -0.1) is 0 Å². The van der Waals surface area contributed by atoms with E-state index in [2.05, 4.69) is 4.74 Å². The fourth-order valence-electron chi connectivity index (χ4n) is 2.54. The van der Waals surface area contributed by atoms with Gasteiger partial charge in [0.25, 0.3) is 5.91 Å². The van der Waals surface area contributed by atoms with Crippen LogP contribution in [0.2, 0.25) is 5.02 Å². The Morgan fingerprint density at radius 1 is 1.18 bits per heavy atom. The predicted molar refractivity (Wildman–Crippen MR) is 93.4 cm³/mol. The van der Waals surface area contributed by atoms with Crippen molar-refractivity contribution in [2.24, 2.45) is 0 Å². The Bertz CT molecular complexity index is 839. The number of ether oxygens (including phenoxy) is 1. The maximum absolute atomic E-state index is 12.7. The summed E-state index contributed by atoms with van der Waals surface area (Å²) in [4.78, 5) is 23.1. The Kier molecular flexibility index (Phi) is 7.29. The number of halogens is 4. The standard InChI is InChI=1S/C16H18ClF3N2O5S/c17-12-5-4-11(15(24)27-9-14(23)21-10-16(18,19)20)8-13(12)28(25,26)22-6-2-1-3-7-22/h4-5,8H,1-3,6-7,9-10H2,(H,21,23). The number of carbonyl (C=O) groups excluding carboxylic acids is 2. The van der Waals surface area contributed by atoms with Gasteiger partial charge in [-0.3, -0.25) is 4.79 Å². The van der Waals surface area contributed by atoms with E-state index in [-0.39, 0.29) is 15.5 Å². The predicted octanol–water partition coefficient (Wildman–Crippen LogP) is 2.35. The van der Waals surface area contributed by atoms with E-state index in [0.29, 0.717) is 25.9 Å². The molecule has 12 heteroatoms. The van der Waals surface area contributed by atoms with E-state index in [0.717, 1.165) is 12.5 Å². The van der Waals surface area contributed by atoms with Crippen LogP contribution < -0.4 is 5.32 Å². The molecular formula is C16H18ClF3N2O5S. The molecule has 156 valence electrons. The van der Waals surface area contributed by atoms with Crippen LogP contribution in [-0.2, 0) is 19.6 Å². The Morgan fingerprint density at radius 3 is 2.43 bits per heavy atom. The lowest BCUT2D eigenvalue weighted by Crippen LogP contribution is -2.36. The molecule has 0 aliphatic carbocycles. The highest BCUT2D eigenvalue weighted by Gasteiger charge is 2.30. The summed E-state index contributed by atoms with van der Waals surface area (Å²) in [5, 5.41) is 1.47. The number of nitrogens with zero attached hydrogens (tertiary/aromatic N) is 1. The minimum Gasteiger partial charge on any atom is -0.452 e. The molecule has 7 nitrogen and oxygen atoms in total. The number of amides is 1. The molecule has 28 heavy (non-hydrogen) atoms. The zero-order valence-corrected chi connectivity index (χ0v) is 16.2. The number of sulfonamides is 1. The van der Waals surface area contributed by atoms with Crippen molar-refractivity contribution < 1.29 is 35.9 Å². The quantitative estimate of drug-likeness (QED) is 0.683. The third kappa shape index (κ3) is 6.08. The molecule has 0 saturated carbocycles. The van der Waals surface area contributed by atoms with Crippen LogP contribution in [0.1, 0.15) is 29.6 Å². The van der Waals surface area contributed by atoms with E-state index in [1.54, 1.807) is 5.32 Å². The van der Waals surface area contributed by atoms with Crippen LogP contribution in [0.3, 0.4) is 0 Å². The Hall–Kier alpha value is -1.85. The zero-order valence-electron chi connectivity index (χ0n) is 14.6. The van der Waals surface area contributed by atoms with Crippen molar-refractivity contribution in [3.63, 3.8) is 0 Å². The zero-order chi connectivity index (χ0) is 20.9. The first-order valence-electron chi connectivity index (χ1n) is 8.31. The van der Waals surface area contributed by atoms with Gasteiger partial charge in [0.05, 0.1) is 10.6 Å². The molecule has 1 heterocycles. The van der Waals surface area contributed by atoms with Crippen LogP contribution in [0, 0.1) is 0 Å². The van der Waals surface area contributed by atoms with Gasteiger partial charge < -0.3 is 10.1 Å². The first-order valence-corrected chi connectivity index (χ1v) is 10.1. The second kappa shape index (κ2) is 9.10. The van der Waals surface area contributed by atoms with Gasteiger partial charge in [-0.05, 0) is 31.0 Å². The summed E-state index contributed by atoms with van der Waals surface area (Å²) in [6, 6.07) is 3.44. The number of esters is 1. The minimum absolute atomic E-state index is 0.0787. The van der Waals surface area contributed by atoms with Crippen LogP contribution in [0.25, 0.3) is 0 Å². The smallest absolute Gasteiger partial charge is 0.405 e. The molecule has 1 aromatic rings. The lowest BCUT2D eigenvalue weighted by atomic mass is 10.2. The number of piperidine rings is 1. The summed E-state index contributed by atoms with van der Waals surface area (Å²) in [5.41, 5.74) is -0.191. The Morgan fingerprint density at radius 2 is 1.82 bits per heavy atom. The molecule has 1 aliphatic rings. The molecule has 0 unspecified atom stereocenters. The summed E-state index contributed by atoms with van der Waals surface area (Å²) in [7, 11) is -3.92. The molecule has 1 aromatic carbocycles. The van der Waals surface area contributed by atoms with Crippen molar-refractivity contribution in [3.8, 4) is 0 Å². The molecule has 2 rings (SSSR count). The summed E-state index contributed by atoms with van der Waals surface area (Å²) in [5.74, 6) is -2.20. The lowest BCUT2D eigenvalue weighted by Gasteiger charge is -2.26. The van der Waals surface area contributed by atoms with Gasteiger partial charge in [-0.25, -0.2) is 13.2 Å².